The normalized spacial score (nSPS) is 10.7. The molecule has 0 bridgehead atoms. The Bertz CT molecular complexity index is 599. The number of para-hydroxylation sites is 1. The Balaban J connectivity index is 2.44. The van der Waals surface area contributed by atoms with Crippen LogP contribution in [0, 0.1) is 11.6 Å². The molecule has 0 saturated carbocycles. The van der Waals surface area contributed by atoms with Crippen LogP contribution in [0.25, 0.3) is 0 Å². The summed E-state index contributed by atoms with van der Waals surface area (Å²) in [5.74, 6) is -0.561. The van der Waals surface area contributed by atoms with Crippen molar-refractivity contribution < 1.29 is 8.78 Å². The lowest BCUT2D eigenvalue weighted by Gasteiger charge is -2.26. The molecule has 4 heteroatoms. The molecular weight excluding hydrogens is 270 g/mol. The topological polar surface area (TPSA) is 15.3 Å². The summed E-state index contributed by atoms with van der Waals surface area (Å²) >= 11 is 0. The first-order chi connectivity index (χ1) is 10.2. The van der Waals surface area contributed by atoms with E-state index in [0.29, 0.717) is 18.8 Å². The lowest BCUT2D eigenvalue weighted by atomic mass is 10.1. The van der Waals surface area contributed by atoms with Crippen LogP contribution in [-0.2, 0) is 6.54 Å². The lowest BCUT2D eigenvalue weighted by molar-refractivity contribution is 0.619. The molecule has 2 rings (SSSR count). The van der Waals surface area contributed by atoms with Gasteiger partial charge in [0.05, 0.1) is 5.69 Å². The van der Waals surface area contributed by atoms with Gasteiger partial charge in [-0.05, 0) is 49.4 Å². The molecule has 0 aromatic heterocycles. The van der Waals surface area contributed by atoms with Gasteiger partial charge >= 0.3 is 0 Å². The van der Waals surface area contributed by atoms with E-state index in [1.807, 2.05) is 18.7 Å². The van der Waals surface area contributed by atoms with Crippen LogP contribution in [0.4, 0.5) is 20.2 Å². The van der Waals surface area contributed by atoms with Crippen molar-refractivity contribution in [1.29, 1.82) is 0 Å². The Morgan fingerprint density at radius 2 is 1.76 bits per heavy atom. The molecule has 0 heterocycles. The molecule has 0 saturated heterocycles. The minimum atomic E-state index is -0.281. The van der Waals surface area contributed by atoms with Gasteiger partial charge in [-0.3, -0.25) is 0 Å². The standard InChI is InChI=1S/C17H20F2N2/c1-3-20-12-13-11-14(18)9-10-16(13)21(4-2)17-8-6-5-7-15(17)19/h5-11,20H,3-4,12H2,1-2H3. The molecule has 0 fully saturated rings. The van der Waals surface area contributed by atoms with Gasteiger partial charge in [0.25, 0.3) is 0 Å². The predicted octanol–water partition coefficient (Wildman–Crippen LogP) is 4.23. The third-order valence-electron chi connectivity index (χ3n) is 3.36. The zero-order chi connectivity index (χ0) is 15.2. The minimum absolute atomic E-state index is 0.280. The summed E-state index contributed by atoms with van der Waals surface area (Å²) in [6.45, 7) is 5.89. The van der Waals surface area contributed by atoms with Crippen molar-refractivity contribution in [2.45, 2.75) is 20.4 Å². The Labute approximate surface area is 124 Å². The van der Waals surface area contributed by atoms with Crippen molar-refractivity contribution in [3.8, 4) is 0 Å². The van der Waals surface area contributed by atoms with Crippen molar-refractivity contribution in [3.63, 3.8) is 0 Å². The van der Waals surface area contributed by atoms with Crippen molar-refractivity contribution in [3.05, 3.63) is 59.7 Å². The van der Waals surface area contributed by atoms with Crippen LogP contribution in [-0.4, -0.2) is 13.1 Å². The molecule has 112 valence electrons. The maximum Gasteiger partial charge on any atom is 0.146 e. The number of halogens is 2. The summed E-state index contributed by atoms with van der Waals surface area (Å²) in [5.41, 5.74) is 2.15. The fourth-order valence-electron chi connectivity index (χ4n) is 2.36. The lowest BCUT2D eigenvalue weighted by Crippen LogP contribution is -2.21. The summed E-state index contributed by atoms with van der Waals surface area (Å²) in [6, 6.07) is 11.3. The maximum atomic E-state index is 14.0. The average Bonchev–Trinajstić information content (AvgIpc) is 2.49. The highest BCUT2D eigenvalue weighted by Crippen LogP contribution is 2.30. The quantitative estimate of drug-likeness (QED) is 0.856. The highest BCUT2D eigenvalue weighted by Gasteiger charge is 2.15. The predicted molar refractivity (Wildman–Crippen MR) is 82.9 cm³/mol. The van der Waals surface area contributed by atoms with Gasteiger partial charge in [0, 0.05) is 18.8 Å². The van der Waals surface area contributed by atoms with Crippen molar-refractivity contribution >= 4 is 11.4 Å². The summed E-state index contributed by atoms with van der Waals surface area (Å²) in [6.07, 6.45) is 0. The number of nitrogens with one attached hydrogen (secondary N) is 1. The number of hydrogen-bond acceptors (Lipinski definition) is 2. The fourth-order valence-corrected chi connectivity index (χ4v) is 2.36. The van der Waals surface area contributed by atoms with E-state index in [9.17, 15) is 8.78 Å². The van der Waals surface area contributed by atoms with E-state index in [1.165, 1.54) is 18.2 Å². The second kappa shape index (κ2) is 7.18. The largest absolute Gasteiger partial charge is 0.339 e. The highest BCUT2D eigenvalue weighted by atomic mass is 19.1. The van der Waals surface area contributed by atoms with Crippen LogP contribution in [0.5, 0.6) is 0 Å². The Morgan fingerprint density at radius 1 is 1.00 bits per heavy atom. The van der Waals surface area contributed by atoms with Crippen LogP contribution in [0.1, 0.15) is 19.4 Å². The van der Waals surface area contributed by atoms with Crippen LogP contribution < -0.4 is 10.2 Å². The molecule has 1 N–H and O–H groups in total. The second-order valence-corrected chi connectivity index (χ2v) is 4.75. The molecule has 0 unspecified atom stereocenters. The van der Waals surface area contributed by atoms with Crippen LogP contribution in [0.3, 0.4) is 0 Å². The van der Waals surface area contributed by atoms with E-state index in [1.54, 1.807) is 24.3 Å². The molecule has 21 heavy (non-hydrogen) atoms. The van der Waals surface area contributed by atoms with Crippen LogP contribution >= 0.6 is 0 Å². The monoisotopic (exact) mass is 290 g/mol. The SMILES string of the molecule is CCNCc1cc(F)ccc1N(CC)c1ccccc1F. The third kappa shape index (κ3) is 3.58. The Hall–Kier alpha value is -1.94. The van der Waals surface area contributed by atoms with Gasteiger partial charge in [0.1, 0.15) is 11.6 Å². The number of nitrogens with zero attached hydrogens (tertiary/aromatic N) is 1. The van der Waals surface area contributed by atoms with Gasteiger partial charge in [-0.1, -0.05) is 19.1 Å². The average molecular weight is 290 g/mol. The van der Waals surface area contributed by atoms with Crippen LogP contribution in [0.2, 0.25) is 0 Å². The van der Waals surface area contributed by atoms with E-state index in [0.717, 1.165) is 17.8 Å². The Kier molecular flexibility index (Phi) is 5.28. The van der Waals surface area contributed by atoms with E-state index in [2.05, 4.69) is 5.32 Å². The Morgan fingerprint density at radius 3 is 2.43 bits per heavy atom. The zero-order valence-corrected chi connectivity index (χ0v) is 12.4. The molecule has 0 radical (unpaired) electrons. The molecule has 0 amide bonds. The van der Waals surface area contributed by atoms with Crippen LogP contribution in [0.15, 0.2) is 42.5 Å². The summed E-state index contributed by atoms with van der Waals surface area (Å²) in [7, 11) is 0. The molecule has 0 aliphatic rings. The van der Waals surface area contributed by atoms with Crippen molar-refractivity contribution in [2.75, 3.05) is 18.0 Å². The highest BCUT2D eigenvalue weighted by molar-refractivity contribution is 5.67. The first kappa shape index (κ1) is 15.4. The molecule has 0 spiro atoms. The van der Waals surface area contributed by atoms with E-state index < -0.39 is 0 Å². The smallest absolute Gasteiger partial charge is 0.146 e. The first-order valence-corrected chi connectivity index (χ1v) is 7.18. The number of rotatable bonds is 6. The van der Waals surface area contributed by atoms with Gasteiger partial charge in [0.15, 0.2) is 0 Å². The summed E-state index contributed by atoms with van der Waals surface area (Å²) < 4.78 is 27.5. The molecule has 2 aromatic carbocycles. The summed E-state index contributed by atoms with van der Waals surface area (Å²) in [4.78, 5) is 1.86. The van der Waals surface area contributed by atoms with Gasteiger partial charge in [-0.2, -0.15) is 0 Å². The second-order valence-electron chi connectivity index (χ2n) is 4.75. The molecular formula is C17H20F2N2. The van der Waals surface area contributed by atoms with Gasteiger partial charge in [-0.25, -0.2) is 8.78 Å². The van der Waals surface area contributed by atoms with Gasteiger partial charge in [0.2, 0.25) is 0 Å². The first-order valence-electron chi connectivity index (χ1n) is 7.18. The fraction of sp³-hybridized carbons (Fsp3) is 0.294. The number of hydrogen-bond donors (Lipinski definition) is 1. The van der Waals surface area contributed by atoms with E-state index in [4.69, 9.17) is 0 Å². The molecule has 0 aliphatic heterocycles. The summed E-state index contributed by atoms with van der Waals surface area (Å²) in [5, 5.41) is 3.19. The van der Waals surface area contributed by atoms with E-state index >= 15 is 0 Å². The molecule has 0 atom stereocenters. The maximum absolute atomic E-state index is 14.0. The third-order valence-corrected chi connectivity index (χ3v) is 3.36. The zero-order valence-electron chi connectivity index (χ0n) is 12.4. The molecule has 2 aromatic rings. The van der Waals surface area contributed by atoms with Gasteiger partial charge in [-0.15, -0.1) is 0 Å². The minimum Gasteiger partial charge on any atom is -0.339 e. The van der Waals surface area contributed by atoms with E-state index in [-0.39, 0.29) is 11.6 Å². The van der Waals surface area contributed by atoms with Crippen molar-refractivity contribution in [1.82, 2.24) is 5.32 Å². The van der Waals surface area contributed by atoms with Gasteiger partial charge < -0.3 is 10.2 Å². The number of anilines is 2. The molecule has 2 nitrogen and oxygen atoms in total. The molecule has 0 aliphatic carbocycles. The van der Waals surface area contributed by atoms with Crippen molar-refractivity contribution in [2.24, 2.45) is 0 Å². The number of benzene rings is 2.